The van der Waals surface area contributed by atoms with Gasteiger partial charge in [0.25, 0.3) is 5.91 Å². The van der Waals surface area contributed by atoms with E-state index in [1.807, 2.05) is 4.90 Å². The third-order valence-electron chi connectivity index (χ3n) is 4.27. The zero-order valence-corrected chi connectivity index (χ0v) is 14.4. The average molecular weight is 324 g/mol. The normalized spacial score (nSPS) is 15.0. The summed E-state index contributed by atoms with van der Waals surface area (Å²) in [7, 11) is 4.16. The molecule has 3 rings (SSSR count). The number of hydrogen-bond acceptors (Lipinski definition) is 4. The van der Waals surface area contributed by atoms with Crippen LogP contribution in [-0.2, 0) is 6.54 Å². The molecular weight excluding hydrogens is 300 g/mol. The first-order valence-corrected chi connectivity index (χ1v) is 8.31. The minimum Gasteiger partial charge on any atom is -0.368 e. The van der Waals surface area contributed by atoms with Crippen LogP contribution in [0.3, 0.4) is 0 Å². The molecular formula is C19H24N4O. The molecule has 0 atom stereocenters. The number of amides is 1. The van der Waals surface area contributed by atoms with Gasteiger partial charge in [-0.05, 0) is 43.9 Å². The van der Waals surface area contributed by atoms with E-state index in [1.165, 1.54) is 11.3 Å². The maximum Gasteiger partial charge on any atom is 0.254 e. The monoisotopic (exact) mass is 324 g/mol. The minimum atomic E-state index is 0.0957. The summed E-state index contributed by atoms with van der Waals surface area (Å²) >= 11 is 0. The van der Waals surface area contributed by atoms with Gasteiger partial charge in [0, 0.05) is 56.4 Å². The fraction of sp³-hybridized carbons (Fsp3) is 0.368. The molecule has 0 radical (unpaired) electrons. The highest BCUT2D eigenvalue weighted by molar-refractivity contribution is 5.94. The van der Waals surface area contributed by atoms with E-state index in [0.717, 1.165) is 32.7 Å². The number of benzene rings is 1. The summed E-state index contributed by atoms with van der Waals surface area (Å²) in [6.07, 6.45) is 3.33. The molecule has 0 unspecified atom stereocenters. The summed E-state index contributed by atoms with van der Waals surface area (Å²) in [5.74, 6) is 0.0957. The molecule has 5 heteroatoms. The van der Waals surface area contributed by atoms with Crippen LogP contribution in [0.2, 0.25) is 0 Å². The predicted octanol–water partition coefficient (Wildman–Crippen LogP) is 2.11. The molecule has 1 aromatic heterocycles. The van der Waals surface area contributed by atoms with E-state index in [9.17, 15) is 4.79 Å². The van der Waals surface area contributed by atoms with Gasteiger partial charge in [-0.25, -0.2) is 0 Å². The molecule has 0 bridgehead atoms. The molecule has 1 aliphatic heterocycles. The number of hydrogen-bond donors (Lipinski definition) is 0. The van der Waals surface area contributed by atoms with Gasteiger partial charge in [-0.2, -0.15) is 0 Å². The quantitative estimate of drug-likeness (QED) is 0.863. The summed E-state index contributed by atoms with van der Waals surface area (Å²) in [5, 5.41) is 0. The third kappa shape index (κ3) is 3.92. The van der Waals surface area contributed by atoms with Crippen molar-refractivity contribution < 1.29 is 4.79 Å². The Bertz CT molecular complexity index is 679. The van der Waals surface area contributed by atoms with Crippen molar-refractivity contribution in [3.05, 3.63) is 59.9 Å². The molecule has 1 amide bonds. The molecule has 0 N–H and O–H groups in total. The Morgan fingerprint density at radius 2 is 1.79 bits per heavy atom. The van der Waals surface area contributed by atoms with Crippen molar-refractivity contribution >= 4 is 11.6 Å². The van der Waals surface area contributed by atoms with E-state index in [0.29, 0.717) is 5.56 Å². The van der Waals surface area contributed by atoms with Gasteiger partial charge in [0.05, 0.1) is 0 Å². The second-order valence-electron chi connectivity index (χ2n) is 6.42. The van der Waals surface area contributed by atoms with Crippen LogP contribution in [0.25, 0.3) is 0 Å². The van der Waals surface area contributed by atoms with E-state index < -0.39 is 0 Å². The van der Waals surface area contributed by atoms with Crippen LogP contribution < -0.4 is 4.90 Å². The van der Waals surface area contributed by atoms with Crippen molar-refractivity contribution in [2.45, 2.75) is 6.54 Å². The van der Waals surface area contributed by atoms with E-state index in [4.69, 9.17) is 0 Å². The first-order valence-electron chi connectivity index (χ1n) is 8.31. The van der Waals surface area contributed by atoms with E-state index >= 15 is 0 Å². The van der Waals surface area contributed by atoms with Gasteiger partial charge in [0.1, 0.15) is 0 Å². The zero-order chi connectivity index (χ0) is 16.9. The van der Waals surface area contributed by atoms with Crippen LogP contribution in [0.4, 0.5) is 5.69 Å². The first kappa shape index (κ1) is 16.5. The van der Waals surface area contributed by atoms with Crippen LogP contribution in [0.15, 0.2) is 48.8 Å². The largest absolute Gasteiger partial charge is 0.368 e. The lowest BCUT2D eigenvalue weighted by Crippen LogP contribution is -2.48. The number of carbonyl (C=O) groups excluding carboxylic acids is 1. The van der Waals surface area contributed by atoms with Crippen molar-refractivity contribution in [3.63, 3.8) is 0 Å². The van der Waals surface area contributed by atoms with Gasteiger partial charge >= 0.3 is 0 Å². The number of rotatable bonds is 4. The van der Waals surface area contributed by atoms with Crippen molar-refractivity contribution in [1.82, 2.24) is 14.8 Å². The molecule has 1 aromatic carbocycles. The van der Waals surface area contributed by atoms with Gasteiger partial charge in [0.15, 0.2) is 0 Å². The number of piperazine rings is 1. The number of anilines is 1. The van der Waals surface area contributed by atoms with Crippen LogP contribution in [0.1, 0.15) is 15.9 Å². The molecule has 1 saturated heterocycles. The molecule has 0 aliphatic carbocycles. The molecule has 126 valence electrons. The fourth-order valence-corrected chi connectivity index (χ4v) is 3.06. The van der Waals surface area contributed by atoms with Crippen LogP contribution in [0.5, 0.6) is 0 Å². The summed E-state index contributed by atoms with van der Waals surface area (Å²) in [6.45, 7) is 4.16. The lowest BCUT2D eigenvalue weighted by molar-refractivity contribution is 0.0746. The smallest absolute Gasteiger partial charge is 0.254 e. The van der Waals surface area contributed by atoms with E-state index in [1.54, 1.807) is 24.5 Å². The Morgan fingerprint density at radius 1 is 1.08 bits per heavy atom. The zero-order valence-electron chi connectivity index (χ0n) is 14.4. The molecule has 2 heterocycles. The molecule has 0 saturated carbocycles. The summed E-state index contributed by atoms with van der Waals surface area (Å²) < 4.78 is 0. The third-order valence-corrected chi connectivity index (χ3v) is 4.27. The molecule has 24 heavy (non-hydrogen) atoms. The number of carbonyl (C=O) groups is 1. The number of pyridine rings is 1. The standard InChI is InChI=1S/C19H24N4O/c1-21(2)15-16-4-3-5-18(14-16)22-10-12-23(13-11-22)19(24)17-6-8-20-9-7-17/h3-9,14H,10-13,15H2,1-2H3. The van der Waals surface area contributed by atoms with Gasteiger partial charge in [-0.15, -0.1) is 0 Å². The van der Waals surface area contributed by atoms with Crippen LogP contribution in [0, 0.1) is 0 Å². The highest BCUT2D eigenvalue weighted by atomic mass is 16.2. The molecule has 1 fully saturated rings. The first-order chi connectivity index (χ1) is 11.6. The van der Waals surface area contributed by atoms with Crippen molar-refractivity contribution in [2.24, 2.45) is 0 Å². The number of nitrogens with zero attached hydrogens (tertiary/aromatic N) is 4. The van der Waals surface area contributed by atoms with Gasteiger partial charge < -0.3 is 14.7 Å². The maximum absolute atomic E-state index is 12.5. The average Bonchev–Trinajstić information content (AvgIpc) is 2.62. The van der Waals surface area contributed by atoms with Gasteiger partial charge in [-0.1, -0.05) is 12.1 Å². The Morgan fingerprint density at radius 3 is 2.46 bits per heavy atom. The predicted molar refractivity (Wildman–Crippen MR) is 96.2 cm³/mol. The summed E-state index contributed by atoms with van der Waals surface area (Å²) in [6, 6.07) is 12.2. The van der Waals surface area contributed by atoms with Crippen molar-refractivity contribution in [1.29, 1.82) is 0 Å². The molecule has 5 nitrogen and oxygen atoms in total. The Labute approximate surface area is 143 Å². The van der Waals surface area contributed by atoms with Crippen molar-refractivity contribution in [2.75, 3.05) is 45.2 Å². The Hall–Kier alpha value is -2.40. The van der Waals surface area contributed by atoms with E-state index in [-0.39, 0.29) is 5.91 Å². The van der Waals surface area contributed by atoms with E-state index in [2.05, 4.69) is 53.1 Å². The fourth-order valence-electron chi connectivity index (χ4n) is 3.06. The molecule has 1 aliphatic rings. The van der Waals surface area contributed by atoms with Crippen LogP contribution >= 0.6 is 0 Å². The lowest BCUT2D eigenvalue weighted by Gasteiger charge is -2.36. The minimum absolute atomic E-state index is 0.0957. The highest BCUT2D eigenvalue weighted by Gasteiger charge is 2.22. The number of aromatic nitrogens is 1. The maximum atomic E-state index is 12.5. The second-order valence-corrected chi connectivity index (χ2v) is 6.42. The van der Waals surface area contributed by atoms with Gasteiger partial charge in [0.2, 0.25) is 0 Å². The van der Waals surface area contributed by atoms with Gasteiger partial charge in [-0.3, -0.25) is 9.78 Å². The summed E-state index contributed by atoms with van der Waals surface area (Å²) in [4.78, 5) is 22.9. The highest BCUT2D eigenvalue weighted by Crippen LogP contribution is 2.19. The molecule has 2 aromatic rings. The lowest BCUT2D eigenvalue weighted by atomic mass is 10.1. The Balaban J connectivity index is 1.62. The molecule has 0 spiro atoms. The van der Waals surface area contributed by atoms with Crippen molar-refractivity contribution in [3.8, 4) is 0 Å². The summed E-state index contributed by atoms with van der Waals surface area (Å²) in [5.41, 5.74) is 3.27. The van der Waals surface area contributed by atoms with Crippen LogP contribution in [-0.4, -0.2) is 61.0 Å². The Kier molecular flexibility index (Phi) is 5.11. The second kappa shape index (κ2) is 7.45. The SMILES string of the molecule is CN(C)Cc1cccc(N2CCN(C(=O)c3ccncc3)CC2)c1. The topological polar surface area (TPSA) is 39.7 Å².